The van der Waals surface area contributed by atoms with Gasteiger partial charge in [0.05, 0.1) is 13.7 Å². The smallest absolute Gasteiger partial charge is 0.194 e. The van der Waals surface area contributed by atoms with Crippen LogP contribution in [0.4, 0.5) is 0 Å². The molecule has 0 heterocycles. The Bertz CT molecular complexity index is 1010. The van der Waals surface area contributed by atoms with Crippen LogP contribution in [0.25, 0.3) is 5.57 Å². The molecule has 0 aromatic heterocycles. The standard InChI is InChI=1S/C29H35ClO3/c1-3-18-33-26-19-22-10-7-11-24(22)28-27(26)21(8-4-5-17-30)9-6-12-25(29(28)31)20-13-15-23(32-2)16-14-20/h12-16,19,21H,3-11,17-18H2,1-2H3. The van der Waals surface area contributed by atoms with Crippen LogP contribution in [0.1, 0.15) is 90.4 Å². The van der Waals surface area contributed by atoms with Crippen LogP contribution >= 0.6 is 11.6 Å². The molecule has 176 valence electrons. The maximum absolute atomic E-state index is 14.2. The fourth-order valence-electron chi connectivity index (χ4n) is 5.32. The second-order valence-corrected chi connectivity index (χ2v) is 9.52. The Balaban J connectivity index is 1.84. The number of rotatable bonds is 9. The molecular formula is C29H35ClO3. The topological polar surface area (TPSA) is 35.5 Å². The Morgan fingerprint density at radius 3 is 2.67 bits per heavy atom. The van der Waals surface area contributed by atoms with Crippen LogP contribution in [0.5, 0.6) is 11.5 Å². The highest BCUT2D eigenvalue weighted by Crippen LogP contribution is 2.45. The number of hydrogen-bond donors (Lipinski definition) is 0. The first kappa shape index (κ1) is 23.9. The number of benzene rings is 2. The number of alkyl halides is 1. The van der Waals surface area contributed by atoms with Gasteiger partial charge in [-0.05, 0) is 92.2 Å². The van der Waals surface area contributed by atoms with Gasteiger partial charge in [-0.1, -0.05) is 31.6 Å². The number of allylic oxidation sites excluding steroid dienone is 2. The monoisotopic (exact) mass is 466 g/mol. The molecule has 3 nitrogen and oxygen atoms in total. The Morgan fingerprint density at radius 1 is 1.12 bits per heavy atom. The molecule has 0 spiro atoms. The summed E-state index contributed by atoms with van der Waals surface area (Å²) < 4.78 is 11.6. The zero-order valence-electron chi connectivity index (χ0n) is 19.9. The molecule has 4 rings (SSSR count). The summed E-state index contributed by atoms with van der Waals surface area (Å²) in [5.41, 5.74) is 6.39. The van der Waals surface area contributed by atoms with Crippen molar-refractivity contribution < 1.29 is 14.3 Å². The van der Waals surface area contributed by atoms with Gasteiger partial charge < -0.3 is 9.47 Å². The van der Waals surface area contributed by atoms with E-state index in [2.05, 4.69) is 19.1 Å². The fraction of sp³-hybridized carbons (Fsp3) is 0.483. The van der Waals surface area contributed by atoms with Crippen LogP contribution < -0.4 is 9.47 Å². The summed E-state index contributed by atoms with van der Waals surface area (Å²) >= 11 is 5.99. The van der Waals surface area contributed by atoms with Crippen molar-refractivity contribution in [1.29, 1.82) is 0 Å². The summed E-state index contributed by atoms with van der Waals surface area (Å²) in [4.78, 5) is 14.2. The SMILES string of the molecule is CCCOc1cc2c(c3c1C(CCCCCl)CCC=C(c1ccc(OC)cc1)C3=O)CCC2. The molecule has 2 aromatic rings. The molecule has 2 aliphatic rings. The molecular weight excluding hydrogens is 432 g/mol. The van der Waals surface area contributed by atoms with Gasteiger partial charge >= 0.3 is 0 Å². The maximum atomic E-state index is 14.2. The zero-order valence-corrected chi connectivity index (χ0v) is 20.7. The summed E-state index contributed by atoms with van der Waals surface area (Å²) in [6, 6.07) is 10.1. The molecule has 0 saturated heterocycles. The number of carbonyl (C=O) groups excluding carboxylic acids is 1. The van der Waals surface area contributed by atoms with Gasteiger partial charge in [-0.15, -0.1) is 11.6 Å². The number of ether oxygens (including phenoxy) is 2. The number of unbranched alkanes of at least 4 members (excludes halogenated alkanes) is 1. The molecule has 2 aromatic carbocycles. The Labute approximate surface area is 203 Å². The molecule has 0 fully saturated rings. The lowest BCUT2D eigenvalue weighted by Gasteiger charge is -2.28. The lowest BCUT2D eigenvalue weighted by atomic mass is 9.78. The van der Waals surface area contributed by atoms with E-state index in [1.807, 2.05) is 24.3 Å². The van der Waals surface area contributed by atoms with Gasteiger partial charge in [-0.2, -0.15) is 0 Å². The largest absolute Gasteiger partial charge is 0.497 e. The van der Waals surface area contributed by atoms with Crippen LogP contribution in [0.15, 0.2) is 36.4 Å². The molecule has 0 N–H and O–H groups in total. The maximum Gasteiger partial charge on any atom is 0.194 e. The normalized spacial score (nSPS) is 17.6. The predicted molar refractivity (Wildman–Crippen MR) is 136 cm³/mol. The first-order valence-electron chi connectivity index (χ1n) is 12.4. The Kier molecular flexibility index (Phi) is 8.14. The van der Waals surface area contributed by atoms with Crippen molar-refractivity contribution in [3.63, 3.8) is 0 Å². The molecule has 0 saturated carbocycles. The van der Waals surface area contributed by atoms with Crippen LogP contribution in [-0.4, -0.2) is 25.4 Å². The molecule has 0 amide bonds. The number of Topliss-reactive ketones (excluding diaryl/α,β-unsaturated/α-hetero) is 1. The van der Waals surface area contributed by atoms with Crippen molar-refractivity contribution >= 4 is 23.0 Å². The van der Waals surface area contributed by atoms with Gasteiger partial charge in [0.15, 0.2) is 5.78 Å². The third kappa shape index (κ3) is 5.14. The van der Waals surface area contributed by atoms with Crippen molar-refractivity contribution in [3.8, 4) is 11.5 Å². The Hall–Kier alpha value is -2.26. The van der Waals surface area contributed by atoms with E-state index in [0.29, 0.717) is 18.4 Å². The molecule has 4 heteroatoms. The quantitative estimate of drug-likeness (QED) is 0.283. The van der Waals surface area contributed by atoms with Gasteiger partial charge in [-0.25, -0.2) is 0 Å². The molecule has 2 aliphatic carbocycles. The van der Waals surface area contributed by atoms with Crippen molar-refractivity contribution in [2.24, 2.45) is 0 Å². The zero-order chi connectivity index (χ0) is 23.2. The number of ketones is 1. The molecule has 0 radical (unpaired) electrons. The average molecular weight is 467 g/mol. The van der Waals surface area contributed by atoms with Crippen molar-refractivity contribution in [3.05, 3.63) is 64.2 Å². The molecule has 0 aliphatic heterocycles. The number of hydrogen-bond acceptors (Lipinski definition) is 3. The van der Waals surface area contributed by atoms with Crippen LogP contribution in [-0.2, 0) is 12.8 Å². The van der Waals surface area contributed by atoms with E-state index in [0.717, 1.165) is 91.5 Å². The first-order valence-corrected chi connectivity index (χ1v) is 13.0. The highest BCUT2D eigenvalue weighted by molar-refractivity contribution is 6.30. The van der Waals surface area contributed by atoms with Crippen molar-refractivity contribution in [2.45, 2.75) is 70.6 Å². The van der Waals surface area contributed by atoms with E-state index in [9.17, 15) is 4.79 Å². The van der Waals surface area contributed by atoms with Crippen molar-refractivity contribution in [1.82, 2.24) is 0 Å². The van der Waals surface area contributed by atoms with Gasteiger partial charge in [0.1, 0.15) is 11.5 Å². The minimum atomic E-state index is 0.150. The van der Waals surface area contributed by atoms with E-state index in [4.69, 9.17) is 21.1 Å². The van der Waals surface area contributed by atoms with E-state index >= 15 is 0 Å². The van der Waals surface area contributed by atoms with E-state index in [1.165, 1.54) is 11.1 Å². The summed E-state index contributed by atoms with van der Waals surface area (Å²) in [6.07, 6.45) is 11.2. The lowest BCUT2D eigenvalue weighted by molar-refractivity contribution is 0.105. The van der Waals surface area contributed by atoms with Gasteiger partial charge in [0, 0.05) is 22.6 Å². The van der Waals surface area contributed by atoms with E-state index in [-0.39, 0.29) is 5.78 Å². The molecule has 33 heavy (non-hydrogen) atoms. The second kappa shape index (κ2) is 11.2. The van der Waals surface area contributed by atoms with Crippen LogP contribution in [0.3, 0.4) is 0 Å². The average Bonchev–Trinajstić information content (AvgIpc) is 3.30. The van der Waals surface area contributed by atoms with Gasteiger partial charge in [0.2, 0.25) is 0 Å². The second-order valence-electron chi connectivity index (χ2n) is 9.14. The minimum Gasteiger partial charge on any atom is -0.497 e. The summed E-state index contributed by atoms with van der Waals surface area (Å²) in [5, 5.41) is 0. The summed E-state index contributed by atoms with van der Waals surface area (Å²) in [7, 11) is 1.66. The highest BCUT2D eigenvalue weighted by atomic mass is 35.5. The number of aryl methyl sites for hydroxylation is 1. The van der Waals surface area contributed by atoms with E-state index in [1.54, 1.807) is 7.11 Å². The van der Waals surface area contributed by atoms with Gasteiger partial charge in [0.25, 0.3) is 0 Å². The molecule has 1 unspecified atom stereocenters. The predicted octanol–water partition coefficient (Wildman–Crippen LogP) is 7.53. The van der Waals surface area contributed by atoms with Gasteiger partial charge in [-0.3, -0.25) is 4.79 Å². The number of carbonyl (C=O) groups is 1. The number of halogens is 1. The molecule has 0 bridgehead atoms. The fourth-order valence-corrected chi connectivity index (χ4v) is 5.51. The number of methoxy groups -OCH3 is 1. The molecule has 1 atom stereocenters. The third-order valence-corrected chi connectivity index (χ3v) is 7.21. The van der Waals surface area contributed by atoms with Crippen molar-refractivity contribution in [2.75, 3.05) is 19.6 Å². The third-order valence-electron chi connectivity index (χ3n) is 6.94. The summed E-state index contributed by atoms with van der Waals surface area (Å²) in [5.74, 6) is 2.89. The summed E-state index contributed by atoms with van der Waals surface area (Å²) in [6.45, 7) is 2.81. The number of fused-ring (bicyclic) bond motifs is 3. The highest BCUT2D eigenvalue weighted by Gasteiger charge is 2.33. The lowest BCUT2D eigenvalue weighted by Crippen LogP contribution is -2.17. The van der Waals surface area contributed by atoms with E-state index < -0.39 is 0 Å². The first-order chi connectivity index (χ1) is 16.2. The van der Waals surface area contributed by atoms with Crippen LogP contribution in [0.2, 0.25) is 0 Å². The minimum absolute atomic E-state index is 0.150. The Morgan fingerprint density at radius 2 is 1.94 bits per heavy atom. The van der Waals surface area contributed by atoms with Crippen LogP contribution in [0, 0.1) is 0 Å².